The Hall–Kier alpha value is -3.83. The highest BCUT2D eigenvalue weighted by Crippen LogP contribution is 2.31. The van der Waals surface area contributed by atoms with Gasteiger partial charge in [-0.15, -0.1) is 11.3 Å². The summed E-state index contributed by atoms with van der Waals surface area (Å²) in [4.78, 5) is 32.9. The average molecular weight is 510 g/mol. The van der Waals surface area contributed by atoms with Crippen LogP contribution in [0.3, 0.4) is 0 Å². The van der Waals surface area contributed by atoms with Crippen molar-refractivity contribution in [1.82, 2.24) is 0 Å². The molecule has 1 heterocycles. The topological polar surface area (TPSA) is 55.7 Å². The van der Waals surface area contributed by atoms with Gasteiger partial charge in [0.2, 0.25) is 0 Å². The molecule has 4 aromatic rings. The van der Waals surface area contributed by atoms with E-state index in [-0.39, 0.29) is 12.2 Å². The number of thiophene rings is 1. The van der Waals surface area contributed by atoms with Crippen molar-refractivity contribution in [3.63, 3.8) is 0 Å². The monoisotopic (exact) mass is 509 g/mol. The van der Waals surface area contributed by atoms with E-state index in [1.165, 1.54) is 11.3 Å². The number of hydrogen-bond donors (Lipinski definition) is 0. The van der Waals surface area contributed by atoms with Gasteiger partial charge in [-0.25, -0.2) is 4.79 Å². The van der Waals surface area contributed by atoms with Crippen molar-refractivity contribution in [2.24, 2.45) is 4.99 Å². The van der Waals surface area contributed by atoms with Gasteiger partial charge in [0.15, 0.2) is 11.8 Å². The van der Waals surface area contributed by atoms with E-state index in [0.717, 1.165) is 16.7 Å². The number of carbonyl (C=O) groups excluding carboxylic acids is 2. The summed E-state index contributed by atoms with van der Waals surface area (Å²) in [5, 5.41) is 1.89. The number of ether oxygens (including phenoxy) is 1. The zero-order valence-electron chi connectivity index (χ0n) is 21.3. The molecule has 4 nitrogen and oxygen atoms in total. The van der Waals surface area contributed by atoms with E-state index in [2.05, 4.69) is 0 Å². The first-order chi connectivity index (χ1) is 17.8. The average Bonchev–Trinajstić information content (AvgIpc) is 3.44. The Morgan fingerprint density at radius 2 is 1.32 bits per heavy atom. The second-order valence-corrected chi connectivity index (χ2v) is 10.8. The van der Waals surface area contributed by atoms with Crippen LogP contribution in [-0.4, -0.2) is 29.1 Å². The van der Waals surface area contributed by atoms with Gasteiger partial charge < -0.3 is 4.74 Å². The van der Waals surface area contributed by atoms with E-state index in [1.54, 1.807) is 0 Å². The van der Waals surface area contributed by atoms with Gasteiger partial charge in [0.1, 0.15) is 5.60 Å². The summed E-state index contributed by atoms with van der Waals surface area (Å²) in [5.74, 6) is -0.980. The van der Waals surface area contributed by atoms with Crippen LogP contribution in [0, 0.1) is 0 Å². The lowest BCUT2D eigenvalue weighted by atomic mass is 9.86. The number of rotatable bonds is 9. The van der Waals surface area contributed by atoms with Crippen LogP contribution in [-0.2, 0) is 9.53 Å². The molecule has 3 aromatic carbocycles. The fourth-order valence-electron chi connectivity index (χ4n) is 4.17. The molecule has 4 rings (SSSR count). The number of nitrogens with zero attached hydrogens (tertiary/aromatic N) is 1. The van der Waals surface area contributed by atoms with Crippen LogP contribution in [0.4, 0.5) is 0 Å². The molecule has 0 bridgehead atoms. The van der Waals surface area contributed by atoms with Crippen molar-refractivity contribution in [2.45, 2.75) is 44.8 Å². The molecule has 0 saturated heterocycles. The van der Waals surface area contributed by atoms with Crippen molar-refractivity contribution < 1.29 is 14.3 Å². The largest absolute Gasteiger partial charge is 0.458 e. The molecule has 0 fully saturated rings. The number of Topliss-reactive ketones (excluding diaryl/α,β-unsaturated/α-hetero) is 1. The maximum atomic E-state index is 13.8. The first-order valence-corrected chi connectivity index (χ1v) is 13.2. The highest BCUT2D eigenvalue weighted by atomic mass is 32.1. The van der Waals surface area contributed by atoms with Crippen LogP contribution in [0.1, 0.15) is 59.5 Å². The van der Waals surface area contributed by atoms with Gasteiger partial charge >= 0.3 is 5.97 Å². The normalized spacial score (nSPS) is 12.8. The molecular weight excluding hydrogens is 478 g/mol. The molecule has 0 radical (unpaired) electrons. The fraction of sp³-hybridized carbons (Fsp3) is 0.219. The maximum absolute atomic E-state index is 13.8. The van der Waals surface area contributed by atoms with E-state index in [0.29, 0.717) is 10.6 Å². The zero-order chi connectivity index (χ0) is 26.3. The van der Waals surface area contributed by atoms with E-state index >= 15 is 0 Å². The fourth-order valence-corrected chi connectivity index (χ4v) is 4.84. The molecule has 5 heteroatoms. The third-order valence-corrected chi connectivity index (χ3v) is 6.73. The summed E-state index contributed by atoms with van der Waals surface area (Å²) >= 11 is 1.40. The summed E-state index contributed by atoms with van der Waals surface area (Å²) < 4.78 is 5.89. The Morgan fingerprint density at radius 3 is 1.81 bits per heavy atom. The molecule has 0 spiro atoms. The molecule has 37 heavy (non-hydrogen) atoms. The van der Waals surface area contributed by atoms with Crippen LogP contribution < -0.4 is 0 Å². The summed E-state index contributed by atoms with van der Waals surface area (Å²) in [5.41, 5.74) is 2.62. The third kappa shape index (κ3) is 7.11. The SMILES string of the molecule is CC(C)(C)OC(=O)[C@H](N=C(c1ccccc1)c1ccccc1)[C@@H](CC(=O)c1cccs1)c1ccccc1. The molecule has 0 N–H and O–H groups in total. The van der Waals surface area contributed by atoms with Crippen molar-refractivity contribution in [3.8, 4) is 0 Å². The third-order valence-electron chi connectivity index (χ3n) is 5.82. The molecule has 0 unspecified atom stereocenters. The second kappa shape index (κ2) is 11.9. The Balaban J connectivity index is 1.88. The van der Waals surface area contributed by atoms with Gasteiger partial charge in [0, 0.05) is 23.5 Å². The summed E-state index contributed by atoms with van der Waals surface area (Å²) in [6.07, 6.45) is 0.134. The minimum atomic E-state index is -0.930. The smallest absolute Gasteiger partial charge is 0.332 e. The first kappa shape index (κ1) is 26.2. The van der Waals surface area contributed by atoms with E-state index in [1.807, 2.05) is 129 Å². The summed E-state index contributed by atoms with van der Waals surface area (Å²) in [6.45, 7) is 5.53. The minimum absolute atomic E-state index is 0.0198. The first-order valence-electron chi connectivity index (χ1n) is 12.3. The number of esters is 1. The predicted octanol–water partition coefficient (Wildman–Crippen LogP) is 7.35. The number of aliphatic imine (C=N–C) groups is 1. The molecule has 188 valence electrons. The lowest BCUT2D eigenvalue weighted by Gasteiger charge is -2.28. The standard InChI is InChI=1S/C32H31NO3S/c1-32(2,3)36-31(35)30(33-29(24-16-9-5-10-17-24)25-18-11-6-12-19-25)26(23-14-7-4-8-15-23)22-27(34)28-20-13-21-37-28/h4-21,26,30H,22H2,1-3H3/t26-,30+/m0/s1. The van der Waals surface area contributed by atoms with E-state index in [9.17, 15) is 9.59 Å². The maximum Gasteiger partial charge on any atom is 0.332 e. The van der Waals surface area contributed by atoms with Crippen LogP contribution in [0.2, 0.25) is 0 Å². The number of ketones is 1. The number of benzene rings is 3. The Bertz CT molecular complexity index is 1280. The second-order valence-electron chi connectivity index (χ2n) is 9.81. The molecule has 0 saturated carbocycles. The Labute approximate surface area is 222 Å². The molecule has 0 amide bonds. The zero-order valence-corrected chi connectivity index (χ0v) is 22.2. The molecule has 0 aliphatic heterocycles. The minimum Gasteiger partial charge on any atom is -0.458 e. The van der Waals surface area contributed by atoms with Gasteiger partial charge in [-0.2, -0.15) is 0 Å². The van der Waals surface area contributed by atoms with Crippen molar-refractivity contribution in [3.05, 3.63) is 130 Å². The van der Waals surface area contributed by atoms with Gasteiger partial charge in [0.25, 0.3) is 0 Å². The van der Waals surface area contributed by atoms with Gasteiger partial charge in [0.05, 0.1) is 10.6 Å². The van der Waals surface area contributed by atoms with Crippen molar-refractivity contribution in [2.75, 3.05) is 0 Å². The molecule has 2 atom stereocenters. The van der Waals surface area contributed by atoms with Crippen LogP contribution in [0.5, 0.6) is 0 Å². The Kier molecular flexibility index (Phi) is 8.47. The molecule has 0 aliphatic carbocycles. The van der Waals surface area contributed by atoms with E-state index < -0.39 is 23.5 Å². The Morgan fingerprint density at radius 1 is 0.784 bits per heavy atom. The van der Waals surface area contributed by atoms with Crippen molar-refractivity contribution in [1.29, 1.82) is 0 Å². The van der Waals surface area contributed by atoms with Gasteiger partial charge in [-0.1, -0.05) is 97.1 Å². The lowest BCUT2D eigenvalue weighted by molar-refractivity contribution is -0.156. The van der Waals surface area contributed by atoms with Gasteiger partial charge in [-0.3, -0.25) is 9.79 Å². The molecular formula is C32H31NO3S. The molecule has 0 aliphatic rings. The predicted molar refractivity (Wildman–Crippen MR) is 151 cm³/mol. The quantitative estimate of drug-likeness (QED) is 0.135. The molecule has 1 aromatic heterocycles. The number of hydrogen-bond acceptors (Lipinski definition) is 5. The lowest BCUT2D eigenvalue weighted by Crippen LogP contribution is -2.36. The highest BCUT2D eigenvalue weighted by Gasteiger charge is 2.35. The highest BCUT2D eigenvalue weighted by molar-refractivity contribution is 7.12. The van der Waals surface area contributed by atoms with Crippen LogP contribution in [0.15, 0.2) is 114 Å². The van der Waals surface area contributed by atoms with Gasteiger partial charge in [-0.05, 0) is 37.8 Å². The summed E-state index contributed by atoms with van der Waals surface area (Å²) in [6, 6.07) is 32.0. The van der Waals surface area contributed by atoms with Crippen LogP contribution >= 0.6 is 11.3 Å². The van der Waals surface area contributed by atoms with E-state index in [4.69, 9.17) is 9.73 Å². The van der Waals surface area contributed by atoms with Crippen molar-refractivity contribution >= 4 is 28.8 Å². The van der Waals surface area contributed by atoms with Crippen LogP contribution in [0.25, 0.3) is 0 Å². The number of carbonyl (C=O) groups is 2. The summed E-state index contributed by atoms with van der Waals surface area (Å²) in [7, 11) is 0.